The Balaban J connectivity index is 1.84. The highest BCUT2D eigenvalue weighted by Gasteiger charge is 2.13. The Bertz CT molecular complexity index is 922. The molecule has 5 heteroatoms. The third-order valence-electron chi connectivity index (χ3n) is 3.59. The number of benzene rings is 3. The van der Waals surface area contributed by atoms with Crippen molar-refractivity contribution in [2.75, 3.05) is 7.11 Å². The van der Waals surface area contributed by atoms with Crippen LogP contribution in [0.2, 0.25) is 0 Å². The molecule has 4 nitrogen and oxygen atoms in total. The van der Waals surface area contributed by atoms with Gasteiger partial charge in [-0.3, -0.25) is 4.79 Å². The van der Waals surface area contributed by atoms with Crippen LogP contribution in [0.5, 0.6) is 5.75 Å². The summed E-state index contributed by atoms with van der Waals surface area (Å²) in [6.07, 6.45) is 1.63. The highest BCUT2D eigenvalue weighted by Crippen LogP contribution is 2.25. The lowest BCUT2D eigenvalue weighted by Crippen LogP contribution is -2.18. The van der Waals surface area contributed by atoms with Crippen LogP contribution in [-0.4, -0.2) is 19.2 Å². The fourth-order valence-corrected chi connectivity index (χ4v) is 2.89. The van der Waals surface area contributed by atoms with Crippen LogP contribution in [-0.2, 0) is 0 Å². The third kappa shape index (κ3) is 3.56. The second-order valence-corrected chi connectivity index (χ2v) is 6.28. The van der Waals surface area contributed by atoms with Crippen LogP contribution in [0.1, 0.15) is 15.9 Å². The molecular formula is C19H15IN2O2. The minimum Gasteiger partial charge on any atom is -0.496 e. The van der Waals surface area contributed by atoms with Crippen molar-refractivity contribution in [1.82, 2.24) is 5.43 Å². The second-order valence-electron chi connectivity index (χ2n) is 5.12. The van der Waals surface area contributed by atoms with Crippen LogP contribution in [0.25, 0.3) is 10.8 Å². The quantitative estimate of drug-likeness (QED) is 0.383. The van der Waals surface area contributed by atoms with Crippen LogP contribution in [0.4, 0.5) is 0 Å². The number of hydrogen-bond donors (Lipinski definition) is 1. The minimum absolute atomic E-state index is 0.306. The van der Waals surface area contributed by atoms with E-state index in [0.29, 0.717) is 11.3 Å². The third-order valence-corrected chi connectivity index (χ3v) is 4.57. The van der Waals surface area contributed by atoms with E-state index in [9.17, 15) is 4.79 Å². The molecule has 0 aliphatic heterocycles. The Morgan fingerprint density at radius 3 is 2.46 bits per heavy atom. The van der Waals surface area contributed by atoms with Gasteiger partial charge in [-0.25, -0.2) is 5.43 Å². The molecule has 0 saturated carbocycles. The first-order chi connectivity index (χ1) is 11.7. The molecule has 0 aliphatic carbocycles. The van der Waals surface area contributed by atoms with Crippen molar-refractivity contribution in [2.24, 2.45) is 5.10 Å². The first kappa shape index (κ1) is 16.4. The van der Waals surface area contributed by atoms with E-state index in [4.69, 9.17) is 4.74 Å². The van der Waals surface area contributed by atoms with Crippen LogP contribution in [0, 0.1) is 3.57 Å². The first-order valence-electron chi connectivity index (χ1n) is 7.34. The van der Waals surface area contributed by atoms with Crippen LogP contribution < -0.4 is 10.2 Å². The molecule has 0 saturated heterocycles. The van der Waals surface area contributed by atoms with E-state index in [1.54, 1.807) is 13.3 Å². The number of nitrogens with zero attached hydrogens (tertiary/aromatic N) is 1. The monoisotopic (exact) mass is 430 g/mol. The number of rotatable bonds is 4. The molecule has 24 heavy (non-hydrogen) atoms. The predicted molar refractivity (Wildman–Crippen MR) is 105 cm³/mol. The van der Waals surface area contributed by atoms with Crippen LogP contribution >= 0.6 is 22.6 Å². The van der Waals surface area contributed by atoms with Gasteiger partial charge in [0.1, 0.15) is 5.75 Å². The summed E-state index contributed by atoms with van der Waals surface area (Å²) < 4.78 is 6.41. The van der Waals surface area contributed by atoms with Crippen molar-refractivity contribution in [3.63, 3.8) is 0 Å². The highest BCUT2D eigenvalue weighted by atomic mass is 127. The molecule has 0 unspecified atom stereocenters. The van der Waals surface area contributed by atoms with E-state index in [1.807, 2.05) is 60.7 Å². The zero-order valence-corrected chi connectivity index (χ0v) is 15.2. The molecule has 0 aliphatic rings. The van der Waals surface area contributed by atoms with Gasteiger partial charge in [0.25, 0.3) is 5.91 Å². The Morgan fingerprint density at radius 1 is 1.08 bits per heavy atom. The molecule has 0 aromatic heterocycles. The van der Waals surface area contributed by atoms with E-state index in [2.05, 4.69) is 33.1 Å². The molecule has 0 spiro atoms. The van der Waals surface area contributed by atoms with Gasteiger partial charge in [0.05, 0.1) is 18.9 Å². The molecule has 120 valence electrons. The fourth-order valence-electron chi connectivity index (χ4n) is 2.37. The number of carbonyl (C=O) groups is 1. The number of ether oxygens (including phenoxy) is 1. The van der Waals surface area contributed by atoms with E-state index in [1.165, 1.54) is 0 Å². The molecule has 0 fully saturated rings. The predicted octanol–water partition coefficient (Wildman–Crippen LogP) is 4.22. The zero-order chi connectivity index (χ0) is 16.9. The molecule has 1 amide bonds. The Kier molecular flexibility index (Phi) is 5.10. The summed E-state index contributed by atoms with van der Waals surface area (Å²) in [5.41, 5.74) is 3.96. The number of fused-ring (bicyclic) bond motifs is 1. The first-order valence-corrected chi connectivity index (χ1v) is 8.41. The molecule has 0 radical (unpaired) electrons. The Labute approximate surface area is 153 Å². The van der Waals surface area contributed by atoms with Gasteiger partial charge >= 0.3 is 0 Å². The van der Waals surface area contributed by atoms with E-state index >= 15 is 0 Å². The van der Waals surface area contributed by atoms with Crippen molar-refractivity contribution in [3.05, 3.63) is 75.4 Å². The van der Waals surface area contributed by atoms with Gasteiger partial charge in [0.2, 0.25) is 0 Å². The normalized spacial score (nSPS) is 10.9. The number of amides is 1. The number of hydrazone groups is 1. The average molecular weight is 430 g/mol. The smallest absolute Gasteiger partial charge is 0.275 e. The Hall–Kier alpha value is -2.41. The van der Waals surface area contributed by atoms with Crippen molar-refractivity contribution < 1.29 is 9.53 Å². The van der Waals surface area contributed by atoms with Crippen molar-refractivity contribution in [3.8, 4) is 5.75 Å². The molecule has 3 rings (SSSR count). The molecule has 1 N–H and O–H groups in total. The average Bonchev–Trinajstić information content (AvgIpc) is 2.62. The Morgan fingerprint density at radius 2 is 1.75 bits per heavy atom. The van der Waals surface area contributed by atoms with Gasteiger partial charge in [-0.1, -0.05) is 42.5 Å². The summed E-state index contributed by atoms with van der Waals surface area (Å²) in [5, 5.41) is 6.05. The minimum atomic E-state index is -0.306. The van der Waals surface area contributed by atoms with Crippen LogP contribution in [0.3, 0.4) is 0 Å². The number of carbonyl (C=O) groups excluding carboxylic acids is 1. The maximum atomic E-state index is 12.4. The molecular weight excluding hydrogens is 415 g/mol. The zero-order valence-electron chi connectivity index (χ0n) is 13.0. The van der Waals surface area contributed by atoms with Gasteiger partial charge in [-0.15, -0.1) is 0 Å². The SMILES string of the molecule is COc1cc2ccccc2cc1C(=O)N/N=C\c1ccccc1I. The number of hydrogen-bond acceptors (Lipinski definition) is 3. The van der Waals surface area contributed by atoms with Gasteiger partial charge in [-0.2, -0.15) is 5.10 Å². The highest BCUT2D eigenvalue weighted by molar-refractivity contribution is 14.1. The summed E-state index contributed by atoms with van der Waals surface area (Å²) in [6, 6.07) is 19.3. The molecule has 3 aromatic rings. The second kappa shape index (κ2) is 7.44. The number of halogens is 1. The molecule has 0 bridgehead atoms. The standard InChI is InChI=1S/C19H15IN2O2/c1-24-18-11-14-7-3-2-6-13(14)10-16(18)19(23)22-21-12-15-8-4-5-9-17(15)20/h2-12H,1H3,(H,22,23)/b21-12-. The summed E-state index contributed by atoms with van der Waals surface area (Å²) in [4.78, 5) is 12.4. The van der Waals surface area contributed by atoms with E-state index < -0.39 is 0 Å². The molecule has 0 heterocycles. The summed E-state index contributed by atoms with van der Waals surface area (Å²) in [5.74, 6) is 0.218. The lowest BCUT2D eigenvalue weighted by atomic mass is 10.1. The maximum absolute atomic E-state index is 12.4. The summed E-state index contributed by atoms with van der Waals surface area (Å²) >= 11 is 2.23. The van der Waals surface area contributed by atoms with Gasteiger partial charge in [0, 0.05) is 9.13 Å². The van der Waals surface area contributed by atoms with E-state index in [-0.39, 0.29) is 5.91 Å². The molecule has 0 atom stereocenters. The van der Waals surface area contributed by atoms with Gasteiger partial charge in [-0.05, 0) is 51.6 Å². The van der Waals surface area contributed by atoms with E-state index in [0.717, 1.165) is 19.9 Å². The van der Waals surface area contributed by atoms with Crippen molar-refractivity contribution in [2.45, 2.75) is 0 Å². The van der Waals surface area contributed by atoms with Gasteiger partial charge < -0.3 is 4.74 Å². The topological polar surface area (TPSA) is 50.7 Å². The van der Waals surface area contributed by atoms with Gasteiger partial charge in [0.15, 0.2) is 0 Å². The summed E-state index contributed by atoms with van der Waals surface area (Å²) in [7, 11) is 1.55. The largest absolute Gasteiger partial charge is 0.496 e. The van der Waals surface area contributed by atoms with Crippen LogP contribution in [0.15, 0.2) is 65.8 Å². The fraction of sp³-hybridized carbons (Fsp3) is 0.0526. The maximum Gasteiger partial charge on any atom is 0.275 e. The number of methoxy groups -OCH3 is 1. The van der Waals surface area contributed by atoms with Crippen molar-refractivity contribution in [1.29, 1.82) is 0 Å². The lowest BCUT2D eigenvalue weighted by molar-refractivity contribution is 0.0952. The lowest BCUT2D eigenvalue weighted by Gasteiger charge is -2.09. The number of nitrogens with one attached hydrogen (secondary N) is 1. The molecule has 3 aromatic carbocycles. The van der Waals surface area contributed by atoms with Crippen molar-refractivity contribution >= 4 is 45.5 Å². The summed E-state index contributed by atoms with van der Waals surface area (Å²) in [6.45, 7) is 0.